The summed E-state index contributed by atoms with van der Waals surface area (Å²) in [7, 11) is 1.64. The summed E-state index contributed by atoms with van der Waals surface area (Å²) in [5.41, 5.74) is 1.17. The van der Waals surface area contributed by atoms with E-state index < -0.39 is 11.5 Å². The average Bonchev–Trinajstić information content (AvgIpc) is 2.68. The molecule has 3 atom stereocenters. The highest BCUT2D eigenvalue weighted by molar-refractivity contribution is 5.82. The third-order valence-electron chi connectivity index (χ3n) is 5.74. The highest BCUT2D eigenvalue weighted by atomic mass is 16.5. The second-order valence-corrected chi connectivity index (χ2v) is 7.62. The van der Waals surface area contributed by atoms with E-state index in [1.165, 1.54) is 0 Å². The number of nitrogens with zero attached hydrogens (tertiary/aromatic N) is 1. The number of carbonyl (C=O) groups excluding carboxylic acids is 1. The summed E-state index contributed by atoms with van der Waals surface area (Å²) in [6, 6.07) is 17.9. The van der Waals surface area contributed by atoms with E-state index in [2.05, 4.69) is 6.92 Å². The molecule has 1 saturated heterocycles. The van der Waals surface area contributed by atoms with Crippen LogP contribution < -0.4 is 4.74 Å². The number of aliphatic hydroxyl groups is 1. The molecule has 4 heteroatoms. The number of benzene rings is 2. The SMILES string of the molecule is CC[C@@H](c1ccc(OC)cc1)[C@H]1C(=O)N(Cc2ccccc2)CC[C@@]1(C)O. The first kappa shape index (κ1) is 19.4. The number of piperidine rings is 1. The van der Waals surface area contributed by atoms with Crippen molar-refractivity contribution in [1.29, 1.82) is 0 Å². The van der Waals surface area contributed by atoms with E-state index in [1.54, 1.807) is 7.11 Å². The molecule has 1 N–H and O–H groups in total. The van der Waals surface area contributed by atoms with Crippen LogP contribution in [0.1, 0.15) is 43.7 Å². The van der Waals surface area contributed by atoms with Crippen molar-refractivity contribution in [2.75, 3.05) is 13.7 Å². The minimum Gasteiger partial charge on any atom is -0.497 e. The number of carbonyl (C=O) groups is 1. The Balaban J connectivity index is 1.87. The lowest BCUT2D eigenvalue weighted by atomic mass is 9.70. The smallest absolute Gasteiger partial charge is 0.229 e. The number of hydrogen-bond acceptors (Lipinski definition) is 3. The Kier molecular flexibility index (Phi) is 5.85. The van der Waals surface area contributed by atoms with Gasteiger partial charge in [-0.25, -0.2) is 0 Å². The van der Waals surface area contributed by atoms with Gasteiger partial charge in [0.1, 0.15) is 5.75 Å². The Bertz CT molecular complexity index is 755. The van der Waals surface area contributed by atoms with Gasteiger partial charge in [0.05, 0.1) is 18.6 Å². The molecule has 2 aromatic carbocycles. The summed E-state index contributed by atoms with van der Waals surface area (Å²) >= 11 is 0. The molecule has 144 valence electrons. The summed E-state index contributed by atoms with van der Waals surface area (Å²) in [6.45, 7) is 5.05. The molecule has 3 rings (SSSR count). The summed E-state index contributed by atoms with van der Waals surface area (Å²) in [5, 5.41) is 11.1. The van der Waals surface area contributed by atoms with Gasteiger partial charge in [0, 0.05) is 13.1 Å². The summed E-state index contributed by atoms with van der Waals surface area (Å²) in [5.74, 6) is 0.351. The quantitative estimate of drug-likeness (QED) is 0.840. The Labute approximate surface area is 161 Å². The number of ether oxygens (including phenoxy) is 1. The summed E-state index contributed by atoms with van der Waals surface area (Å²) < 4.78 is 5.25. The molecule has 4 nitrogen and oxygen atoms in total. The van der Waals surface area contributed by atoms with Crippen LogP contribution >= 0.6 is 0 Å². The van der Waals surface area contributed by atoms with Crippen LogP contribution in [0.3, 0.4) is 0 Å². The van der Waals surface area contributed by atoms with Gasteiger partial charge in [-0.05, 0) is 48.9 Å². The van der Waals surface area contributed by atoms with Crippen LogP contribution in [0, 0.1) is 5.92 Å². The van der Waals surface area contributed by atoms with Crippen molar-refractivity contribution in [2.24, 2.45) is 5.92 Å². The Morgan fingerprint density at radius 2 is 1.85 bits per heavy atom. The van der Waals surface area contributed by atoms with Crippen molar-refractivity contribution in [3.63, 3.8) is 0 Å². The predicted octanol–water partition coefficient (Wildman–Crippen LogP) is 3.99. The van der Waals surface area contributed by atoms with Gasteiger partial charge in [-0.3, -0.25) is 4.79 Å². The van der Waals surface area contributed by atoms with Crippen molar-refractivity contribution in [3.05, 3.63) is 65.7 Å². The number of methoxy groups -OCH3 is 1. The van der Waals surface area contributed by atoms with Crippen molar-refractivity contribution in [1.82, 2.24) is 4.90 Å². The minimum absolute atomic E-state index is 0.0306. The van der Waals surface area contributed by atoms with Gasteiger partial charge < -0.3 is 14.7 Å². The maximum absolute atomic E-state index is 13.4. The fourth-order valence-electron chi connectivity index (χ4n) is 4.17. The highest BCUT2D eigenvalue weighted by Crippen LogP contribution is 2.41. The van der Waals surface area contributed by atoms with Crippen molar-refractivity contribution >= 4 is 5.91 Å². The van der Waals surface area contributed by atoms with Gasteiger partial charge in [-0.15, -0.1) is 0 Å². The Hall–Kier alpha value is -2.33. The molecule has 0 bridgehead atoms. The molecular formula is C23H29NO3. The van der Waals surface area contributed by atoms with Crippen LogP contribution in [0.25, 0.3) is 0 Å². The molecule has 0 spiro atoms. The molecular weight excluding hydrogens is 338 g/mol. The van der Waals surface area contributed by atoms with E-state index >= 15 is 0 Å². The van der Waals surface area contributed by atoms with Crippen LogP contribution in [0.2, 0.25) is 0 Å². The van der Waals surface area contributed by atoms with Crippen LogP contribution in [-0.4, -0.2) is 35.2 Å². The van der Waals surface area contributed by atoms with Crippen molar-refractivity contribution < 1.29 is 14.6 Å². The third-order valence-corrected chi connectivity index (χ3v) is 5.74. The number of rotatable bonds is 6. The van der Waals surface area contributed by atoms with Gasteiger partial charge >= 0.3 is 0 Å². The van der Waals surface area contributed by atoms with Gasteiger partial charge in [-0.1, -0.05) is 49.4 Å². The maximum atomic E-state index is 13.4. The first-order valence-corrected chi connectivity index (χ1v) is 9.65. The fourth-order valence-corrected chi connectivity index (χ4v) is 4.17. The zero-order valence-electron chi connectivity index (χ0n) is 16.4. The normalized spacial score (nSPS) is 23.9. The molecule has 1 amide bonds. The van der Waals surface area contributed by atoms with Crippen molar-refractivity contribution in [2.45, 2.75) is 44.8 Å². The van der Waals surface area contributed by atoms with E-state index in [-0.39, 0.29) is 11.8 Å². The summed E-state index contributed by atoms with van der Waals surface area (Å²) in [6.07, 6.45) is 1.38. The van der Waals surface area contributed by atoms with Gasteiger partial charge in [0.2, 0.25) is 5.91 Å². The lowest BCUT2D eigenvalue weighted by molar-refractivity contribution is -0.156. The molecule has 0 unspecified atom stereocenters. The third kappa shape index (κ3) is 4.16. The summed E-state index contributed by atoms with van der Waals surface area (Å²) in [4.78, 5) is 15.3. The molecule has 1 aliphatic heterocycles. The van der Waals surface area contributed by atoms with Crippen molar-refractivity contribution in [3.8, 4) is 5.75 Å². The predicted molar refractivity (Wildman–Crippen MR) is 107 cm³/mol. The molecule has 1 heterocycles. The second kappa shape index (κ2) is 8.13. The molecule has 1 fully saturated rings. The molecule has 0 saturated carbocycles. The molecule has 27 heavy (non-hydrogen) atoms. The molecule has 2 aromatic rings. The Morgan fingerprint density at radius 1 is 1.19 bits per heavy atom. The number of likely N-dealkylation sites (tertiary alicyclic amines) is 1. The topological polar surface area (TPSA) is 49.8 Å². The largest absolute Gasteiger partial charge is 0.497 e. The lowest BCUT2D eigenvalue weighted by Crippen LogP contribution is -2.55. The highest BCUT2D eigenvalue weighted by Gasteiger charge is 2.47. The average molecular weight is 367 g/mol. The van der Waals surface area contributed by atoms with E-state index in [0.29, 0.717) is 19.5 Å². The zero-order valence-corrected chi connectivity index (χ0v) is 16.4. The standard InChI is InChI=1S/C23H29NO3/c1-4-20(18-10-12-19(27-3)13-11-18)21-22(25)24(15-14-23(21,2)26)16-17-8-6-5-7-9-17/h5-13,20-21,26H,4,14-16H2,1-3H3/t20-,21-,23+/m0/s1. The molecule has 0 radical (unpaired) electrons. The Morgan fingerprint density at radius 3 is 2.44 bits per heavy atom. The molecule has 0 aliphatic carbocycles. The van der Waals surface area contributed by atoms with Crippen LogP contribution in [-0.2, 0) is 11.3 Å². The molecule has 0 aromatic heterocycles. The first-order chi connectivity index (χ1) is 13.0. The fraction of sp³-hybridized carbons (Fsp3) is 0.435. The van der Waals surface area contributed by atoms with Crippen LogP contribution in [0.5, 0.6) is 5.75 Å². The van der Waals surface area contributed by atoms with Crippen LogP contribution in [0.15, 0.2) is 54.6 Å². The van der Waals surface area contributed by atoms with E-state index in [0.717, 1.165) is 23.3 Å². The van der Waals surface area contributed by atoms with E-state index in [1.807, 2.05) is 66.4 Å². The number of hydrogen-bond donors (Lipinski definition) is 1. The van der Waals surface area contributed by atoms with Gasteiger partial charge in [0.15, 0.2) is 0 Å². The minimum atomic E-state index is -1.01. The monoisotopic (exact) mass is 367 g/mol. The first-order valence-electron chi connectivity index (χ1n) is 9.65. The van der Waals surface area contributed by atoms with Gasteiger partial charge in [-0.2, -0.15) is 0 Å². The van der Waals surface area contributed by atoms with E-state index in [4.69, 9.17) is 4.74 Å². The van der Waals surface area contributed by atoms with Crippen LogP contribution in [0.4, 0.5) is 0 Å². The lowest BCUT2D eigenvalue weighted by Gasteiger charge is -2.45. The van der Waals surface area contributed by atoms with E-state index in [9.17, 15) is 9.90 Å². The van der Waals surface area contributed by atoms with Gasteiger partial charge in [0.25, 0.3) is 0 Å². The number of amides is 1. The maximum Gasteiger partial charge on any atom is 0.229 e. The zero-order chi connectivity index (χ0) is 19.4. The molecule has 1 aliphatic rings. The second-order valence-electron chi connectivity index (χ2n) is 7.62.